The molecule has 1 unspecified atom stereocenters. The van der Waals surface area contributed by atoms with E-state index in [0.717, 1.165) is 0 Å². The van der Waals surface area contributed by atoms with E-state index in [9.17, 15) is 4.79 Å². The molecule has 0 saturated carbocycles. The lowest BCUT2D eigenvalue weighted by atomic mass is 10.2. The van der Waals surface area contributed by atoms with Gasteiger partial charge in [-0.2, -0.15) is 0 Å². The number of rotatable bonds is 4. The first-order valence-electron chi connectivity index (χ1n) is 3.04. The zero-order chi connectivity index (χ0) is 7.98. The lowest BCUT2D eigenvalue weighted by Gasteiger charge is -2.05. The monoisotopic (exact) mass is 148 g/mol. The van der Waals surface area contributed by atoms with Gasteiger partial charge in [-0.25, -0.2) is 5.48 Å². The normalized spacial score (nSPS) is 12.7. The predicted octanol–water partition coefficient (Wildman–Crippen LogP) is -1.41. The van der Waals surface area contributed by atoms with Crippen molar-refractivity contribution in [1.82, 2.24) is 5.48 Å². The van der Waals surface area contributed by atoms with Gasteiger partial charge in [-0.1, -0.05) is 0 Å². The molecule has 0 rings (SSSR count). The Bertz CT molecular complexity index is 107. The van der Waals surface area contributed by atoms with Crippen LogP contribution in [0.2, 0.25) is 0 Å². The fourth-order valence-corrected chi connectivity index (χ4v) is 0.517. The number of carbonyl (C=O) groups is 1. The van der Waals surface area contributed by atoms with E-state index in [1.807, 2.05) is 0 Å². The van der Waals surface area contributed by atoms with Crippen molar-refractivity contribution in [3.8, 4) is 0 Å². The van der Waals surface area contributed by atoms with Crippen LogP contribution in [0.3, 0.4) is 0 Å². The third-order valence-corrected chi connectivity index (χ3v) is 1.09. The number of carbonyl (C=O) groups excluding carboxylic acids is 1. The van der Waals surface area contributed by atoms with Gasteiger partial charge in [-0.15, -0.1) is 0 Å². The molecule has 10 heavy (non-hydrogen) atoms. The Labute approximate surface area is 58.8 Å². The van der Waals surface area contributed by atoms with Crippen LogP contribution >= 0.6 is 0 Å². The molecule has 1 atom stereocenters. The highest BCUT2D eigenvalue weighted by atomic mass is 16.5. The van der Waals surface area contributed by atoms with Gasteiger partial charge in [0.05, 0.1) is 0 Å². The lowest BCUT2D eigenvalue weighted by molar-refractivity contribution is -0.138. The number of hydrogen-bond donors (Lipinski definition) is 4. The number of hydrogen-bond acceptors (Lipinski definition) is 4. The number of nitrogens with two attached hydrogens (primary N) is 1. The zero-order valence-electron chi connectivity index (χ0n) is 5.58. The molecular formula is C5H12N2O3. The van der Waals surface area contributed by atoms with E-state index >= 15 is 0 Å². The quantitative estimate of drug-likeness (QED) is 0.291. The molecule has 0 aromatic carbocycles. The SMILES string of the molecule is NCCCC(O)C(=O)NO. The summed E-state index contributed by atoms with van der Waals surface area (Å²) in [4.78, 5) is 10.4. The summed E-state index contributed by atoms with van der Waals surface area (Å²) in [6.07, 6.45) is -0.300. The third-order valence-electron chi connectivity index (χ3n) is 1.09. The molecule has 0 fully saturated rings. The standard InChI is InChI=1S/C5H12N2O3/c6-3-1-2-4(8)5(9)7-10/h4,8,10H,1-3,6H2,(H,7,9). The number of aliphatic hydroxyl groups excluding tert-OH is 1. The fraction of sp³-hybridized carbons (Fsp3) is 0.800. The Balaban J connectivity index is 3.41. The van der Waals surface area contributed by atoms with Crippen molar-refractivity contribution in [2.45, 2.75) is 18.9 Å². The number of hydroxylamine groups is 1. The van der Waals surface area contributed by atoms with E-state index in [2.05, 4.69) is 0 Å². The maximum absolute atomic E-state index is 10.4. The largest absolute Gasteiger partial charge is 0.383 e. The van der Waals surface area contributed by atoms with Gasteiger partial charge in [-0.3, -0.25) is 10.0 Å². The molecule has 0 aliphatic carbocycles. The smallest absolute Gasteiger partial charge is 0.272 e. The maximum Gasteiger partial charge on any atom is 0.272 e. The molecule has 0 saturated heterocycles. The number of nitrogens with one attached hydrogen (secondary N) is 1. The minimum absolute atomic E-state index is 0.281. The third kappa shape index (κ3) is 3.39. The van der Waals surface area contributed by atoms with Crippen LogP contribution in [-0.2, 0) is 4.79 Å². The number of amides is 1. The molecule has 0 bridgehead atoms. The van der Waals surface area contributed by atoms with Crippen molar-refractivity contribution in [2.75, 3.05) is 6.54 Å². The molecule has 1 amide bonds. The second-order valence-corrected chi connectivity index (χ2v) is 1.92. The summed E-state index contributed by atoms with van der Waals surface area (Å²) in [6.45, 7) is 0.426. The maximum atomic E-state index is 10.4. The summed E-state index contributed by atoms with van der Waals surface area (Å²) in [5.41, 5.74) is 6.46. The molecule has 0 aromatic heterocycles. The van der Waals surface area contributed by atoms with Gasteiger partial charge >= 0.3 is 0 Å². The van der Waals surface area contributed by atoms with Gasteiger partial charge in [0, 0.05) is 0 Å². The lowest BCUT2D eigenvalue weighted by Crippen LogP contribution is -2.32. The van der Waals surface area contributed by atoms with Crippen LogP contribution in [0.1, 0.15) is 12.8 Å². The van der Waals surface area contributed by atoms with Crippen molar-refractivity contribution in [3.05, 3.63) is 0 Å². The topological polar surface area (TPSA) is 95.6 Å². The van der Waals surface area contributed by atoms with Gasteiger partial charge in [0.1, 0.15) is 6.10 Å². The van der Waals surface area contributed by atoms with Crippen LogP contribution in [-0.4, -0.2) is 28.9 Å². The van der Waals surface area contributed by atoms with Crippen LogP contribution in [0, 0.1) is 0 Å². The highest BCUT2D eigenvalue weighted by molar-refractivity contribution is 5.79. The minimum Gasteiger partial charge on any atom is -0.383 e. The van der Waals surface area contributed by atoms with Crippen molar-refractivity contribution in [1.29, 1.82) is 0 Å². The van der Waals surface area contributed by atoms with Gasteiger partial charge in [0.2, 0.25) is 0 Å². The van der Waals surface area contributed by atoms with Gasteiger partial charge in [0.15, 0.2) is 0 Å². The van der Waals surface area contributed by atoms with Crippen LogP contribution in [0.4, 0.5) is 0 Å². The summed E-state index contributed by atoms with van der Waals surface area (Å²) in [7, 11) is 0. The summed E-state index contributed by atoms with van der Waals surface area (Å²) >= 11 is 0. The summed E-state index contributed by atoms with van der Waals surface area (Å²) < 4.78 is 0. The molecule has 0 radical (unpaired) electrons. The van der Waals surface area contributed by atoms with E-state index in [1.54, 1.807) is 0 Å². The van der Waals surface area contributed by atoms with Gasteiger partial charge < -0.3 is 10.8 Å². The second-order valence-electron chi connectivity index (χ2n) is 1.92. The Morgan fingerprint density at radius 1 is 1.70 bits per heavy atom. The van der Waals surface area contributed by atoms with Crippen molar-refractivity contribution >= 4 is 5.91 Å². The van der Waals surface area contributed by atoms with E-state index in [-0.39, 0.29) is 6.42 Å². The van der Waals surface area contributed by atoms with Crippen molar-refractivity contribution in [3.63, 3.8) is 0 Å². The molecule has 0 aliphatic heterocycles. The molecule has 0 spiro atoms. The molecular weight excluding hydrogens is 136 g/mol. The van der Waals surface area contributed by atoms with E-state index < -0.39 is 12.0 Å². The zero-order valence-corrected chi connectivity index (χ0v) is 5.58. The average molecular weight is 148 g/mol. The van der Waals surface area contributed by atoms with Crippen LogP contribution in [0.5, 0.6) is 0 Å². The predicted molar refractivity (Wildman–Crippen MR) is 34.2 cm³/mol. The fourth-order valence-electron chi connectivity index (χ4n) is 0.517. The van der Waals surface area contributed by atoms with Crippen LogP contribution in [0.25, 0.3) is 0 Å². The highest BCUT2D eigenvalue weighted by Gasteiger charge is 2.11. The van der Waals surface area contributed by atoms with Crippen LogP contribution < -0.4 is 11.2 Å². The minimum atomic E-state index is -1.14. The van der Waals surface area contributed by atoms with E-state index in [0.29, 0.717) is 13.0 Å². The molecule has 0 heterocycles. The molecule has 0 aromatic rings. The first kappa shape index (κ1) is 9.35. The van der Waals surface area contributed by atoms with Gasteiger partial charge in [-0.05, 0) is 19.4 Å². The molecule has 5 nitrogen and oxygen atoms in total. The van der Waals surface area contributed by atoms with E-state index in [4.69, 9.17) is 16.0 Å². The highest BCUT2D eigenvalue weighted by Crippen LogP contribution is 1.94. The Hall–Kier alpha value is -0.650. The Morgan fingerprint density at radius 3 is 2.70 bits per heavy atom. The molecule has 5 heteroatoms. The first-order valence-corrected chi connectivity index (χ1v) is 3.04. The summed E-state index contributed by atoms with van der Waals surface area (Å²) in [6, 6.07) is 0. The summed E-state index contributed by atoms with van der Waals surface area (Å²) in [5, 5.41) is 16.8. The second kappa shape index (κ2) is 5.16. The van der Waals surface area contributed by atoms with Gasteiger partial charge in [0.25, 0.3) is 5.91 Å². The van der Waals surface area contributed by atoms with E-state index in [1.165, 1.54) is 5.48 Å². The Morgan fingerprint density at radius 2 is 2.30 bits per heavy atom. The summed E-state index contributed by atoms with van der Waals surface area (Å²) in [5.74, 6) is -0.784. The van der Waals surface area contributed by atoms with Crippen molar-refractivity contribution < 1.29 is 15.1 Å². The first-order chi connectivity index (χ1) is 4.72. The Kier molecular flexibility index (Phi) is 4.82. The molecule has 0 aliphatic rings. The average Bonchev–Trinajstić information content (AvgIpc) is 1.98. The number of aliphatic hydroxyl groups is 1. The molecule has 60 valence electrons. The van der Waals surface area contributed by atoms with Crippen molar-refractivity contribution in [2.24, 2.45) is 5.73 Å². The molecule has 5 N–H and O–H groups in total. The van der Waals surface area contributed by atoms with Crippen LogP contribution in [0.15, 0.2) is 0 Å².